The van der Waals surface area contributed by atoms with Gasteiger partial charge >= 0.3 is 5.97 Å². The molecule has 160 valence electrons. The van der Waals surface area contributed by atoms with Crippen molar-refractivity contribution in [1.82, 2.24) is 9.97 Å². The summed E-state index contributed by atoms with van der Waals surface area (Å²) in [5.74, 6) is 1.74. The van der Waals surface area contributed by atoms with Crippen molar-refractivity contribution in [2.45, 2.75) is 19.8 Å². The monoisotopic (exact) mass is 418 g/mol. The van der Waals surface area contributed by atoms with Crippen molar-refractivity contribution < 1.29 is 14.3 Å². The van der Waals surface area contributed by atoms with E-state index in [1.165, 1.54) is 0 Å². The van der Waals surface area contributed by atoms with Crippen LogP contribution in [0.15, 0.2) is 67.0 Å². The first-order valence-corrected chi connectivity index (χ1v) is 10.6. The number of carbonyl (C=O) groups excluding carboxylic acids is 1. The van der Waals surface area contributed by atoms with E-state index < -0.39 is 0 Å². The number of esters is 1. The molecule has 2 aromatic heterocycles. The van der Waals surface area contributed by atoms with E-state index in [0.717, 1.165) is 36.6 Å². The number of pyridine rings is 2. The molecule has 0 bridgehead atoms. The third-order valence-electron chi connectivity index (χ3n) is 5.14. The molecule has 7 nitrogen and oxygen atoms in total. The van der Waals surface area contributed by atoms with E-state index >= 15 is 0 Å². The largest absolute Gasteiger partial charge is 0.466 e. The molecule has 1 unspecified atom stereocenters. The third kappa shape index (κ3) is 5.31. The lowest BCUT2D eigenvalue weighted by atomic mass is 9.98. The quantitative estimate of drug-likeness (QED) is 0.553. The molecule has 7 heteroatoms. The van der Waals surface area contributed by atoms with Gasteiger partial charge in [-0.1, -0.05) is 6.07 Å². The van der Waals surface area contributed by atoms with Crippen LogP contribution in [0.5, 0.6) is 11.6 Å². The van der Waals surface area contributed by atoms with E-state index in [9.17, 15) is 4.79 Å². The number of rotatable bonds is 7. The fraction of sp³-hybridized carbons (Fsp3) is 0.292. The van der Waals surface area contributed by atoms with E-state index in [1.807, 2.05) is 61.5 Å². The van der Waals surface area contributed by atoms with Crippen LogP contribution in [0, 0.1) is 5.92 Å². The van der Waals surface area contributed by atoms with Crippen LogP contribution in [-0.4, -0.2) is 35.6 Å². The predicted octanol–water partition coefficient (Wildman–Crippen LogP) is 4.79. The van der Waals surface area contributed by atoms with E-state index in [-0.39, 0.29) is 11.9 Å². The van der Waals surface area contributed by atoms with Crippen molar-refractivity contribution in [2.75, 3.05) is 29.9 Å². The Bertz CT molecular complexity index is 995. The number of carbonyl (C=O) groups is 1. The maximum atomic E-state index is 12.2. The second-order valence-electron chi connectivity index (χ2n) is 7.33. The molecular weight excluding hydrogens is 392 g/mol. The topological polar surface area (TPSA) is 76.6 Å². The molecule has 0 amide bonds. The lowest BCUT2D eigenvalue weighted by molar-refractivity contribution is -0.148. The predicted molar refractivity (Wildman–Crippen MR) is 120 cm³/mol. The van der Waals surface area contributed by atoms with Gasteiger partial charge in [0.1, 0.15) is 17.3 Å². The number of ether oxygens (including phenoxy) is 2. The van der Waals surface area contributed by atoms with Gasteiger partial charge in [-0.15, -0.1) is 0 Å². The summed E-state index contributed by atoms with van der Waals surface area (Å²) >= 11 is 0. The molecule has 1 N–H and O–H groups in total. The molecule has 3 aromatic rings. The van der Waals surface area contributed by atoms with Crippen LogP contribution in [0.25, 0.3) is 0 Å². The fourth-order valence-electron chi connectivity index (χ4n) is 3.65. The van der Waals surface area contributed by atoms with Gasteiger partial charge in [-0.2, -0.15) is 0 Å². The van der Waals surface area contributed by atoms with Crippen molar-refractivity contribution in [3.63, 3.8) is 0 Å². The Labute approximate surface area is 182 Å². The summed E-state index contributed by atoms with van der Waals surface area (Å²) in [6.45, 7) is 3.70. The van der Waals surface area contributed by atoms with Gasteiger partial charge in [0.2, 0.25) is 5.88 Å². The third-order valence-corrected chi connectivity index (χ3v) is 5.14. The number of piperidine rings is 1. The minimum atomic E-state index is -0.130. The van der Waals surface area contributed by atoms with Crippen LogP contribution in [0.4, 0.5) is 17.2 Å². The number of hydrogen-bond donors (Lipinski definition) is 1. The highest BCUT2D eigenvalue weighted by atomic mass is 16.5. The van der Waals surface area contributed by atoms with Crippen molar-refractivity contribution in [1.29, 1.82) is 0 Å². The van der Waals surface area contributed by atoms with Crippen LogP contribution in [0.3, 0.4) is 0 Å². The highest BCUT2D eigenvalue weighted by Gasteiger charge is 2.28. The fourth-order valence-corrected chi connectivity index (χ4v) is 3.65. The summed E-state index contributed by atoms with van der Waals surface area (Å²) in [4.78, 5) is 23.1. The van der Waals surface area contributed by atoms with Crippen LogP contribution in [-0.2, 0) is 9.53 Å². The molecule has 0 spiro atoms. The van der Waals surface area contributed by atoms with Crippen LogP contribution in [0.1, 0.15) is 19.8 Å². The summed E-state index contributed by atoms with van der Waals surface area (Å²) in [6.07, 6.45) is 5.22. The second kappa shape index (κ2) is 9.93. The first-order valence-electron chi connectivity index (χ1n) is 10.6. The molecule has 1 aliphatic rings. The summed E-state index contributed by atoms with van der Waals surface area (Å²) in [5, 5.41) is 3.25. The zero-order valence-corrected chi connectivity index (χ0v) is 17.5. The Kier molecular flexibility index (Phi) is 6.62. The average Bonchev–Trinajstić information content (AvgIpc) is 2.82. The summed E-state index contributed by atoms with van der Waals surface area (Å²) in [7, 11) is 0. The first kappa shape index (κ1) is 20.7. The highest BCUT2D eigenvalue weighted by molar-refractivity contribution is 5.74. The number of hydrogen-bond acceptors (Lipinski definition) is 7. The lowest BCUT2D eigenvalue weighted by Gasteiger charge is -2.33. The van der Waals surface area contributed by atoms with Gasteiger partial charge in [0, 0.05) is 31.2 Å². The van der Waals surface area contributed by atoms with Gasteiger partial charge in [0.15, 0.2) is 0 Å². The standard InChI is InChI=1S/C24H26N4O3/c1-2-30-24(29)18-7-6-16-28(17-18)21-8-5-15-26-23(21)31-20-12-10-19(11-13-20)27-22-9-3-4-14-25-22/h3-5,8-15,18H,2,6-7,16-17H2,1H3,(H,25,27). The summed E-state index contributed by atoms with van der Waals surface area (Å²) < 4.78 is 11.3. The van der Waals surface area contributed by atoms with Crippen LogP contribution < -0.4 is 15.0 Å². The Morgan fingerprint density at radius 3 is 2.71 bits per heavy atom. The van der Waals surface area contributed by atoms with Gasteiger partial charge in [0.05, 0.1) is 12.5 Å². The molecule has 1 fully saturated rings. The molecule has 4 rings (SSSR count). The van der Waals surface area contributed by atoms with Gasteiger partial charge in [-0.05, 0) is 68.3 Å². The molecular formula is C24H26N4O3. The Hall–Kier alpha value is -3.61. The molecule has 0 aliphatic carbocycles. The minimum absolute atomic E-state index is 0.126. The van der Waals surface area contributed by atoms with Gasteiger partial charge < -0.3 is 19.7 Å². The smallest absolute Gasteiger partial charge is 0.310 e. The maximum Gasteiger partial charge on any atom is 0.310 e. The zero-order chi connectivity index (χ0) is 21.5. The first-order chi connectivity index (χ1) is 15.2. The Balaban J connectivity index is 1.45. The molecule has 1 aliphatic heterocycles. The summed E-state index contributed by atoms with van der Waals surface area (Å²) in [5.41, 5.74) is 1.80. The van der Waals surface area contributed by atoms with E-state index in [0.29, 0.717) is 24.8 Å². The lowest BCUT2D eigenvalue weighted by Crippen LogP contribution is -2.39. The Morgan fingerprint density at radius 1 is 1.10 bits per heavy atom. The highest BCUT2D eigenvalue weighted by Crippen LogP contribution is 2.33. The molecule has 1 saturated heterocycles. The van der Waals surface area contributed by atoms with E-state index in [1.54, 1.807) is 12.4 Å². The van der Waals surface area contributed by atoms with E-state index in [4.69, 9.17) is 9.47 Å². The molecule has 0 saturated carbocycles. The number of aromatic nitrogens is 2. The SMILES string of the molecule is CCOC(=O)C1CCCN(c2cccnc2Oc2ccc(Nc3ccccn3)cc2)C1. The number of benzene rings is 1. The van der Waals surface area contributed by atoms with Gasteiger partial charge in [-0.3, -0.25) is 4.79 Å². The zero-order valence-electron chi connectivity index (χ0n) is 17.5. The molecule has 1 aromatic carbocycles. The van der Waals surface area contributed by atoms with Gasteiger partial charge in [-0.25, -0.2) is 9.97 Å². The maximum absolute atomic E-state index is 12.2. The van der Waals surface area contributed by atoms with Crippen molar-refractivity contribution >= 4 is 23.2 Å². The number of anilines is 3. The van der Waals surface area contributed by atoms with Crippen molar-refractivity contribution in [2.24, 2.45) is 5.92 Å². The van der Waals surface area contributed by atoms with E-state index in [2.05, 4.69) is 20.2 Å². The molecule has 31 heavy (non-hydrogen) atoms. The normalized spacial score (nSPS) is 15.9. The van der Waals surface area contributed by atoms with Gasteiger partial charge in [0.25, 0.3) is 0 Å². The minimum Gasteiger partial charge on any atom is -0.466 e. The second-order valence-corrected chi connectivity index (χ2v) is 7.33. The van der Waals surface area contributed by atoms with Crippen LogP contribution in [0.2, 0.25) is 0 Å². The number of nitrogens with zero attached hydrogens (tertiary/aromatic N) is 3. The van der Waals surface area contributed by atoms with Crippen LogP contribution >= 0.6 is 0 Å². The molecule has 3 heterocycles. The summed E-state index contributed by atoms with van der Waals surface area (Å²) in [6, 6.07) is 17.2. The van der Waals surface area contributed by atoms with Crippen molar-refractivity contribution in [3.8, 4) is 11.6 Å². The number of nitrogens with one attached hydrogen (secondary N) is 1. The molecule has 0 radical (unpaired) electrons. The molecule has 1 atom stereocenters. The Morgan fingerprint density at radius 2 is 1.94 bits per heavy atom. The van der Waals surface area contributed by atoms with Crippen molar-refractivity contribution in [3.05, 3.63) is 67.0 Å². The average molecular weight is 418 g/mol.